The number of halogens is 4. The van der Waals surface area contributed by atoms with E-state index in [0.29, 0.717) is 23.5 Å². The van der Waals surface area contributed by atoms with E-state index in [1.807, 2.05) is 20.8 Å². The highest BCUT2D eigenvalue weighted by molar-refractivity contribution is 6.35. The number of hydrogen-bond donors (Lipinski definition) is 0. The average molecular weight is 1150 g/mol. The van der Waals surface area contributed by atoms with Gasteiger partial charge < -0.3 is 18.9 Å². The molecule has 0 saturated heterocycles. The second-order valence-electron chi connectivity index (χ2n) is 22.3. The highest BCUT2D eigenvalue weighted by Gasteiger charge is 2.60. The molecule has 1 aliphatic carbocycles. The summed E-state index contributed by atoms with van der Waals surface area (Å²) in [5, 5.41) is 0. The van der Waals surface area contributed by atoms with Crippen molar-refractivity contribution in [1.29, 1.82) is 0 Å². The third-order valence-corrected chi connectivity index (χ3v) is 15.5. The Hall–Kier alpha value is -9.66. The van der Waals surface area contributed by atoms with Crippen LogP contribution >= 0.6 is 0 Å². The Balaban J connectivity index is 0.933. The minimum Gasteiger partial charge on any atom is -0.461 e. The standard InChI is InChI=1S/C63H53F4N3O14/c1-32(2)55(77)81-28-61(29-82-56(78)33(3)4,30-83-57(79)34(5)6)31-84-58(80)35-11-19-42-44(23-35)53(75)69(51(42)73)39-16-12-36(13-17-39)60(9)27-59(7,8)48-26-40(18-22-47(48)60)70-52(74)43-21-15-38(25-46(43)54(70)76)62(64,63(65,66)67)37-14-20-41-45(24-37)50(72)68(10)49(41)71/h11-26H,1,3,5,27-31H2,2,4,6-10H3. The summed E-state index contributed by atoms with van der Waals surface area (Å²) in [4.78, 5) is 135. The monoisotopic (exact) mass is 1150 g/mol. The summed E-state index contributed by atoms with van der Waals surface area (Å²) in [5.41, 5.74) is -8.47. The number of fused-ring (bicyclic) bond motifs is 4. The molecule has 2 unspecified atom stereocenters. The van der Waals surface area contributed by atoms with E-state index in [-0.39, 0.29) is 55.9 Å². The number of hydrogen-bond acceptors (Lipinski definition) is 14. The summed E-state index contributed by atoms with van der Waals surface area (Å²) in [6, 6.07) is 20.0. The molecule has 4 aliphatic rings. The van der Waals surface area contributed by atoms with Gasteiger partial charge in [-0.25, -0.2) is 33.4 Å². The van der Waals surface area contributed by atoms with E-state index in [4.69, 9.17) is 18.9 Å². The number of carbonyl (C=O) groups excluding carboxylic acids is 10. The van der Waals surface area contributed by atoms with E-state index in [1.54, 1.807) is 36.4 Å². The molecule has 5 aromatic carbocycles. The zero-order chi connectivity index (χ0) is 61.5. The van der Waals surface area contributed by atoms with Crippen molar-refractivity contribution >= 4 is 70.7 Å². The Labute approximate surface area is 478 Å². The quantitative estimate of drug-likeness (QED) is 0.0278. The minimum absolute atomic E-state index is 0.0159. The van der Waals surface area contributed by atoms with Crippen molar-refractivity contribution in [2.75, 3.05) is 43.3 Å². The molecule has 84 heavy (non-hydrogen) atoms. The van der Waals surface area contributed by atoms with Gasteiger partial charge in [-0.15, -0.1) is 0 Å². The first-order chi connectivity index (χ1) is 39.3. The first-order valence-electron chi connectivity index (χ1n) is 26.0. The van der Waals surface area contributed by atoms with Gasteiger partial charge in [0.05, 0.1) is 50.3 Å². The zero-order valence-corrected chi connectivity index (χ0v) is 46.5. The fourth-order valence-corrected chi connectivity index (χ4v) is 11.0. The fourth-order valence-electron chi connectivity index (χ4n) is 11.0. The van der Waals surface area contributed by atoms with Gasteiger partial charge in [0.15, 0.2) is 0 Å². The number of carbonyl (C=O) groups is 10. The SMILES string of the molecule is C=C(C)C(=O)OCC(COC(=O)C(=C)C)(COC(=O)C(=C)C)COC(=O)c1ccc2c(c1)C(=O)N(c1ccc(C3(C)CC(C)(C)c4cc(N5C(=O)c6ccc(C(F)(c7ccc8c(c7)C(=O)N(C)C8=O)C(F)(F)F)cc6C5=O)ccc43)cc1)C2=O. The van der Waals surface area contributed by atoms with Crippen LogP contribution in [-0.4, -0.2) is 104 Å². The van der Waals surface area contributed by atoms with Crippen molar-refractivity contribution in [3.8, 4) is 0 Å². The predicted octanol–water partition coefficient (Wildman–Crippen LogP) is 9.78. The van der Waals surface area contributed by atoms with Gasteiger partial charge in [0.2, 0.25) is 0 Å². The molecule has 432 valence electrons. The second-order valence-corrected chi connectivity index (χ2v) is 22.3. The molecule has 0 radical (unpaired) electrons. The minimum atomic E-state index is -5.64. The number of imide groups is 3. The van der Waals surface area contributed by atoms with Crippen molar-refractivity contribution in [3.05, 3.63) is 200 Å². The molecule has 5 aromatic rings. The van der Waals surface area contributed by atoms with Crippen LogP contribution in [0.3, 0.4) is 0 Å². The first kappa shape index (κ1) is 59.0. The van der Waals surface area contributed by atoms with Gasteiger partial charge in [0, 0.05) is 40.3 Å². The lowest BCUT2D eigenvalue weighted by molar-refractivity contribution is -0.219. The molecule has 0 spiro atoms. The largest absolute Gasteiger partial charge is 0.461 e. The number of benzene rings is 5. The van der Waals surface area contributed by atoms with Crippen molar-refractivity contribution in [1.82, 2.24) is 4.90 Å². The molecule has 21 heteroatoms. The molecule has 2 atom stereocenters. The normalized spacial score (nSPS) is 17.5. The molecule has 0 N–H and O–H groups in total. The zero-order valence-electron chi connectivity index (χ0n) is 46.5. The molecule has 0 saturated carbocycles. The van der Waals surface area contributed by atoms with Crippen LogP contribution in [-0.2, 0) is 49.8 Å². The molecule has 0 bridgehead atoms. The summed E-state index contributed by atoms with van der Waals surface area (Å²) in [7, 11) is 1.14. The Bertz CT molecular complexity index is 3770. The molecule has 17 nitrogen and oxygen atoms in total. The Morgan fingerprint density at radius 2 is 0.905 bits per heavy atom. The van der Waals surface area contributed by atoms with Crippen molar-refractivity contribution in [2.45, 2.75) is 70.6 Å². The second kappa shape index (κ2) is 21.0. The van der Waals surface area contributed by atoms with E-state index in [9.17, 15) is 61.1 Å². The molecule has 3 heterocycles. The van der Waals surface area contributed by atoms with Crippen LogP contribution in [0, 0.1) is 5.41 Å². The van der Waals surface area contributed by atoms with Crippen LogP contribution in [0.4, 0.5) is 28.9 Å². The molecule has 6 amide bonds. The molecular weight excluding hydrogens is 1100 g/mol. The third kappa shape index (κ3) is 9.85. The van der Waals surface area contributed by atoms with E-state index in [1.165, 1.54) is 45.0 Å². The highest BCUT2D eigenvalue weighted by atomic mass is 19.4. The number of amides is 6. The van der Waals surface area contributed by atoms with E-state index in [2.05, 4.69) is 19.7 Å². The van der Waals surface area contributed by atoms with Gasteiger partial charge in [-0.1, -0.05) is 70.8 Å². The maximum atomic E-state index is 16.9. The van der Waals surface area contributed by atoms with Crippen molar-refractivity contribution in [2.24, 2.45) is 5.41 Å². The lowest BCUT2D eigenvalue weighted by Gasteiger charge is -2.31. The summed E-state index contributed by atoms with van der Waals surface area (Å²) >= 11 is 0. The summed E-state index contributed by atoms with van der Waals surface area (Å²) in [6.45, 7) is 18.3. The number of rotatable bonds is 17. The van der Waals surface area contributed by atoms with Gasteiger partial charge in [0.1, 0.15) is 31.8 Å². The lowest BCUT2D eigenvalue weighted by Crippen LogP contribution is -2.44. The summed E-state index contributed by atoms with van der Waals surface area (Å²) < 4.78 is 83.5. The maximum Gasteiger partial charge on any atom is 0.431 e. The van der Waals surface area contributed by atoms with Gasteiger partial charge in [0.25, 0.3) is 41.1 Å². The smallest absolute Gasteiger partial charge is 0.431 e. The van der Waals surface area contributed by atoms with Crippen LogP contribution in [0.15, 0.2) is 134 Å². The number of anilines is 2. The van der Waals surface area contributed by atoms with Gasteiger partial charge in [-0.2, -0.15) is 13.2 Å². The van der Waals surface area contributed by atoms with E-state index < -0.39 is 136 Å². The van der Waals surface area contributed by atoms with Crippen molar-refractivity contribution < 1.29 is 84.5 Å². The maximum absolute atomic E-state index is 16.9. The number of esters is 4. The third-order valence-electron chi connectivity index (χ3n) is 15.5. The van der Waals surface area contributed by atoms with E-state index in [0.717, 1.165) is 57.8 Å². The average Bonchev–Trinajstić information content (AvgIpc) is 1.64. The van der Waals surface area contributed by atoms with Crippen LogP contribution in [0.2, 0.25) is 0 Å². The van der Waals surface area contributed by atoms with Crippen LogP contribution in [0.5, 0.6) is 0 Å². The molecule has 0 aromatic heterocycles. The molecular formula is C63H53F4N3O14. The first-order valence-corrected chi connectivity index (χ1v) is 26.0. The Morgan fingerprint density at radius 1 is 0.500 bits per heavy atom. The highest BCUT2D eigenvalue weighted by Crippen LogP contribution is 2.55. The Kier molecular flexibility index (Phi) is 14.7. The fraction of sp³-hybridized carbons (Fsp3) is 0.270. The predicted molar refractivity (Wildman–Crippen MR) is 293 cm³/mol. The number of nitrogens with zero attached hydrogens (tertiary/aromatic N) is 3. The summed E-state index contributed by atoms with van der Waals surface area (Å²) in [6.07, 6.45) is -5.16. The van der Waals surface area contributed by atoms with Gasteiger partial charge >= 0.3 is 30.1 Å². The Morgan fingerprint density at radius 3 is 1.39 bits per heavy atom. The van der Waals surface area contributed by atoms with Crippen LogP contribution in [0.25, 0.3) is 0 Å². The van der Waals surface area contributed by atoms with Gasteiger partial charge in [-0.05, 0) is 116 Å². The topological polar surface area (TPSA) is 217 Å². The van der Waals surface area contributed by atoms with Crippen molar-refractivity contribution in [3.63, 3.8) is 0 Å². The number of alkyl halides is 4. The molecule has 9 rings (SSSR count). The summed E-state index contributed by atoms with van der Waals surface area (Å²) in [5.74, 6) is -8.55. The molecule has 0 fully saturated rings. The van der Waals surface area contributed by atoms with E-state index >= 15 is 4.39 Å². The lowest BCUT2D eigenvalue weighted by atomic mass is 9.75. The molecule has 3 aliphatic heterocycles. The van der Waals surface area contributed by atoms with Crippen LogP contribution in [0.1, 0.15) is 148 Å². The van der Waals surface area contributed by atoms with Crippen LogP contribution < -0.4 is 9.80 Å². The van der Waals surface area contributed by atoms with Gasteiger partial charge in [-0.3, -0.25) is 33.7 Å². The number of ether oxygens (including phenoxy) is 4.